The molecule has 3 rings (SSSR count). The van der Waals surface area contributed by atoms with Gasteiger partial charge >= 0.3 is 11.9 Å². The molecule has 164 valence electrons. The molecule has 1 aromatic carbocycles. The van der Waals surface area contributed by atoms with Crippen molar-refractivity contribution in [2.75, 3.05) is 12.4 Å². The topological polar surface area (TPSA) is 92.7 Å². The van der Waals surface area contributed by atoms with Gasteiger partial charge in [-0.15, -0.1) is 11.3 Å². The van der Waals surface area contributed by atoms with Crippen molar-refractivity contribution >= 4 is 34.2 Å². The van der Waals surface area contributed by atoms with Crippen molar-refractivity contribution < 1.29 is 24.2 Å². The molecular weight excluding hydrogens is 414 g/mol. The Morgan fingerprint density at radius 1 is 1.10 bits per heavy atom. The van der Waals surface area contributed by atoms with Crippen molar-refractivity contribution in [1.82, 2.24) is 0 Å². The number of allylic oxidation sites excluding steroid dienone is 2. The van der Waals surface area contributed by atoms with Crippen molar-refractivity contribution in [2.24, 2.45) is 11.8 Å². The molecule has 1 aromatic heterocycles. The number of anilines is 1. The number of methoxy groups -OCH3 is 1. The first-order chi connectivity index (χ1) is 14.7. The third-order valence-electron chi connectivity index (χ3n) is 5.66. The molecule has 0 saturated carbocycles. The Balaban J connectivity index is 1.98. The lowest BCUT2D eigenvalue weighted by Crippen LogP contribution is -2.34. The van der Waals surface area contributed by atoms with Crippen LogP contribution in [0.3, 0.4) is 0 Å². The number of esters is 1. The number of carboxylic acid groups (broad SMARTS) is 1. The molecule has 1 heterocycles. The highest BCUT2D eigenvalue weighted by atomic mass is 32.1. The highest BCUT2D eigenvalue weighted by Gasteiger charge is 2.35. The lowest BCUT2D eigenvalue weighted by atomic mass is 9.82. The van der Waals surface area contributed by atoms with E-state index < -0.39 is 29.7 Å². The predicted octanol–water partition coefficient (Wildman–Crippen LogP) is 5.24. The summed E-state index contributed by atoms with van der Waals surface area (Å²) in [5, 5.41) is 12.7. The number of thiophene rings is 1. The van der Waals surface area contributed by atoms with E-state index >= 15 is 0 Å². The molecular formula is C24H27NO5S. The highest BCUT2D eigenvalue weighted by molar-refractivity contribution is 7.17. The summed E-state index contributed by atoms with van der Waals surface area (Å²) in [6.45, 7) is 6.12. The van der Waals surface area contributed by atoms with Crippen LogP contribution in [0.5, 0.6) is 0 Å². The van der Waals surface area contributed by atoms with Crippen LogP contribution in [0.15, 0.2) is 36.4 Å². The average Bonchev–Trinajstić information content (AvgIpc) is 3.08. The molecule has 1 aliphatic rings. The molecule has 0 radical (unpaired) electrons. The second-order valence-corrected chi connectivity index (χ2v) is 9.21. The Morgan fingerprint density at radius 3 is 2.26 bits per heavy atom. The summed E-state index contributed by atoms with van der Waals surface area (Å²) in [5.74, 6) is -3.02. The van der Waals surface area contributed by atoms with E-state index in [0.29, 0.717) is 29.3 Å². The Morgan fingerprint density at radius 2 is 1.71 bits per heavy atom. The van der Waals surface area contributed by atoms with Crippen LogP contribution < -0.4 is 5.32 Å². The van der Waals surface area contributed by atoms with Gasteiger partial charge in [-0.1, -0.05) is 50.3 Å². The van der Waals surface area contributed by atoms with Gasteiger partial charge in [-0.25, -0.2) is 4.79 Å². The van der Waals surface area contributed by atoms with Crippen LogP contribution in [0.2, 0.25) is 0 Å². The van der Waals surface area contributed by atoms with Crippen LogP contribution in [-0.4, -0.2) is 30.1 Å². The molecule has 2 aromatic rings. The maximum absolute atomic E-state index is 13.0. The van der Waals surface area contributed by atoms with Gasteiger partial charge in [0.2, 0.25) is 5.91 Å². The minimum Gasteiger partial charge on any atom is -0.481 e. The number of hydrogen-bond donors (Lipinski definition) is 2. The molecule has 0 bridgehead atoms. The van der Waals surface area contributed by atoms with Crippen molar-refractivity contribution in [3.05, 3.63) is 52.4 Å². The predicted molar refractivity (Wildman–Crippen MR) is 122 cm³/mol. The Kier molecular flexibility index (Phi) is 6.95. The molecule has 31 heavy (non-hydrogen) atoms. The van der Waals surface area contributed by atoms with Gasteiger partial charge in [0.1, 0.15) is 10.6 Å². The summed E-state index contributed by atoms with van der Waals surface area (Å²) in [4.78, 5) is 38.1. The van der Waals surface area contributed by atoms with Crippen LogP contribution in [0.1, 0.15) is 53.4 Å². The van der Waals surface area contributed by atoms with Gasteiger partial charge < -0.3 is 15.2 Å². The lowest BCUT2D eigenvalue weighted by Gasteiger charge is -2.24. The number of ether oxygens (including phenoxy) is 1. The van der Waals surface area contributed by atoms with Crippen LogP contribution in [-0.2, 0) is 14.3 Å². The number of carboxylic acids is 1. The van der Waals surface area contributed by atoms with Crippen molar-refractivity contribution in [3.8, 4) is 11.1 Å². The Labute approximate surface area is 185 Å². The SMILES string of the molecule is COC(=O)c1c(NC(=O)[C@H]2CC=CC[C@@H]2C(=O)O)sc(C)c1-c1ccc(C(C)C)cc1. The first kappa shape index (κ1) is 22.7. The summed E-state index contributed by atoms with van der Waals surface area (Å²) in [6, 6.07) is 7.99. The maximum atomic E-state index is 13.0. The fraction of sp³-hybridized carbons (Fsp3) is 0.375. The van der Waals surface area contributed by atoms with Gasteiger partial charge in [-0.2, -0.15) is 0 Å². The van der Waals surface area contributed by atoms with Gasteiger partial charge in [-0.05, 0) is 36.8 Å². The number of rotatable bonds is 6. The van der Waals surface area contributed by atoms with E-state index in [-0.39, 0.29) is 0 Å². The largest absolute Gasteiger partial charge is 0.481 e. The van der Waals surface area contributed by atoms with E-state index in [1.807, 2.05) is 37.3 Å². The van der Waals surface area contributed by atoms with Crippen LogP contribution in [0.25, 0.3) is 11.1 Å². The number of benzene rings is 1. The van der Waals surface area contributed by atoms with E-state index in [4.69, 9.17) is 4.74 Å². The fourth-order valence-corrected chi connectivity index (χ4v) is 4.96. The molecule has 0 spiro atoms. The standard InChI is InChI=1S/C24H27NO5S/c1-13(2)15-9-11-16(12-10-15)19-14(3)31-22(20(19)24(29)30-4)25-21(26)17-7-5-6-8-18(17)23(27)28/h5-6,9-13,17-18H,7-8H2,1-4H3,(H,25,26)(H,27,28)/t17-,18-/m0/s1. The van der Waals surface area contributed by atoms with E-state index in [1.165, 1.54) is 24.0 Å². The molecule has 2 N–H and O–H groups in total. The molecule has 0 unspecified atom stereocenters. The Hall–Kier alpha value is -2.93. The number of carbonyl (C=O) groups is 3. The van der Waals surface area contributed by atoms with Gasteiger partial charge in [0.25, 0.3) is 0 Å². The molecule has 0 fully saturated rings. The second kappa shape index (κ2) is 9.47. The van der Waals surface area contributed by atoms with Gasteiger partial charge in [0, 0.05) is 10.4 Å². The molecule has 2 atom stereocenters. The minimum absolute atomic E-state index is 0.300. The van der Waals surface area contributed by atoms with E-state index in [2.05, 4.69) is 19.2 Å². The highest BCUT2D eigenvalue weighted by Crippen LogP contribution is 2.41. The summed E-state index contributed by atoms with van der Waals surface area (Å²) >= 11 is 1.29. The summed E-state index contributed by atoms with van der Waals surface area (Å²) in [5.41, 5.74) is 3.08. The fourth-order valence-electron chi connectivity index (χ4n) is 3.89. The summed E-state index contributed by atoms with van der Waals surface area (Å²) in [6.07, 6.45) is 4.28. The van der Waals surface area contributed by atoms with E-state index in [1.54, 1.807) is 6.08 Å². The van der Waals surface area contributed by atoms with Gasteiger partial charge in [0.05, 0.1) is 18.9 Å². The third kappa shape index (κ3) is 4.71. The number of nitrogens with one attached hydrogen (secondary N) is 1. The quantitative estimate of drug-likeness (QED) is 0.472. The first-order valence-corrected chi connectivity index (χ1v) is 11.1. The van der Waals surface area contributed by atoms with Crippen molar-refractivity contribution in [1.29, 1.82) is 0 Å². The number of amides is 1. The maximum Gasteiger partial charge on any atom is 0.341 e. The van der Waals surface area contributed by atoms with Crippen molar-refractivity contribution in [2.45, 2.75) is 39.5 Å². The molecule has 1 aliphatic carbocycles. The lowest BCUT2D eigenvalue weighted by molar-refractivity contribution is -0.146. The van der Waals surface area contributed by atoms with Crippen LogP contribution in [0, 0.1) is 18.8 Å². The summed E-state index contributed by atoms with van der Waals surface area (Å²) < 4.78 is 5.01. The number of aryl methyl sites for hydroxylation is 1. The summed E-state index contributed by atoms with van der Waals surface area (Å²) in [7, 11) is 1.30. The van der Waals surface area contributed by atoms with Crippen molar-refractivity contribution in [3.63, 3.8) is 0 Å². The molecule has 0 saturated heterocycles. The zero-order valence-electron chi connectivity index (χ0n) is 18.1. The average molecular weight is 442 g/mol. The van der Waals surface area contributed by atoms with E-state index in [9.17, 15) is 19.5 Å². The molecule has 0 aliphatic heterocycles. The van der Waals surface area contributed by atoms with E-state index in [0.717, 1.165) is 16.0 Å². The molecule has 6 nitrogen and oxygen atoms in total. The van der Waals surface area contributed by atoms with Gasteiger partial charge in [-0.3, -0.25) is 9.59 Å². The van der Waals surface area contributed by atoms with Crippen LogP contribution >= 0.6 is 11.3 Å². The Bertz CT molecular complexity index is 1020. The second-order valence-electron chi connectivity index (χ2n) is 7.99. The minimum atomic E-state index is -0.994. The normalized spacial score (nSPS) is 18.1. The molecule has 1 amide bonds. The number of hydrogen-bond acceptors (Lipinski definition) is 5. The zero-order valence-corrected chi connectivity index (χ0v) is 18.9. The van der Waals surface area contributed by atoms with Crippen LogP contribution in [0.4, 0.5) is 5.00 Å². The third-order valence-corrected chi connectivity index (χ3v) is 6.68. The monoisotopic (exact) mass is 441 g/mol. The number of carbonyl (C=O) groups excluding carboxylic acids is 2. The first-order valence-electron chi connectivity index (χ1n) is 10.2. The smallest absolute Gasteiger partial charge is 0.341 e. The molecule has 7 heteroatoms. The van der Waals surface area contributed by atoms with Gasteiger partial charge in [0.15, 0.2) is 0 Å². The zero-order chi connectivity index (χ0) is 22.7. The number of aliphatic carboxylic acids is 1.